The zero-order chi connectivity index (χ0) is 17.2. The minimum absolute atomic E-state index is 0.0713. The van der Waals surface area contributed by atoms with E-state index in [1.807, 2.05) is 6.07 Å². The lowest BCUT2D eigenvalue weighted by Gasteiger charge is -2.36. The van der Waals surface area contributed by atoms with Crippen LogP contribution in [0.15, 0.2) is 24.3 Å². The second-order valence-corrected chi connectivity index (χ2v) is 7.37. The van der Waals surface area contributed by atoms with Crippen LogP contribution in [0.1, 0.15) is 18.4 Å². The van der Waals surface area contributed by atoms with Crippen molar-refractivity contribution in [2.45, 2.75) is 19.4 Å². The predicted octanol–water partition coefficient (Wildman–Crippen LogP) is 2.07. The summed E-state index contributed by atoms with van der Waals surface area (Å²) in [7, 11) is 0. The van der Waals surface area contributed by atoms with E-state index in [-0.39, 0.29) is 17.6 Å². The van der Waals surface area contributed by atoms with Crippen molar-refractivity contribution in [1.29, 1.82) is 0 Å². The lowest BCUT2D eigenvalue weighted by atomic mass is 9.82. The van der Waals surface area contributed by atoms with Gasteiger partial charge in [-0.3, -0.25) is 14.5 Å². The maximum atomic E-state index is 13.4. The van der Waals surface area contributed by atoms with Crippen LogP contribution in [-0.2, 0) is 20.9 Å². The zero-order valence-electron chi connectivity index (χ0n) is 14.4. The SMILES string of the molecule is O=C([C@@H]1COC[C@@H]2CN(Cc3cccc(F)c3)C[C@@H]21)N1CCCCO1. The van der Waals surface area contributed by atoms with Gasteiger partial charge in [-0.2, -0.15) is 0 Å². The molecular formula is C19H25FN2O3. The van der Waals surface area contributed by atoms with Crippen LogP contribution in [0.2, 0.25) is 0 Å². The third-order valence-electron chi connectivity index (χ3n) is 5.57. The number of hydrogen-bond donors (Lipinski definition) is 0. The number of amides is 1. The van der Waals surface area contributed by atoms with Crippen molar-refractivity contribution in [2.75, 3.05) is 39.5 Å². The largest absolute Gasteiger partial charge is 0.380 e. The molecule has 3 atom stereocenters. The molecule has 0 aliphatic carbocycles. The van der Waals surface area contributed by atoms with Gasteiger partial charge < -0.3 is 4.74 Å². The number of ether oxygens (including phenoxy) is 1. The second kappa shape index (κ2) is 7.40. The minimum Gasteiger partial charge on any atom is -0.380 e. The molecule has 6 heteroatoms. The van der Waals surface area contributed by atoms with Gasteiger partial charge in [-0.05, 0) is 42.4 Å². The summed E-state index contributed by atoms with van der Waals surface area (Å²) in [6.45, 7) is 4.95. The highest BCUT2D eigenvalue weighted by Gasteiger charge is 2.45. The van der Waals surface area contributed by atoms with E-state index in [9.17, 15) is 9.18 Å². The molecule has 0 saturated carbocycles. The molecule has 3 heterocycles. The molecule has 0 bridgehead atoms. The molecule has 1 aromatic carbocycles. The fraction of sp³-hybridized carbons (Fsp3) is 0.632. The van der Waals surface area contributed by atoms with Crippen molar-refractivity contribution >= 4 is 5.91 Å². The van der Waals surface area contributed by atoms with Gasteiger partial charge >= 0.3 is 0 Å². The third kappa shape index (κ3) is 3.71. The van der Waals surface area contributed by atoms with Gasteiger partial charge in [-0.15, -0.1) is 0 Å². The van der Waals surface area contributed by atoms with Gasteiger partial charge in [0.2, 0.25) is 0 Å². The summed E-state index contributed by atoms with van der Waals surface area (Å²) in [5.41, 5.74) is 0.974. The number of carbonyl (C=O) groups excluding carboxylic acids is 1. The Bertz CT molecular complexity index is 620. The first-order valence-electron chi connectivity index (χ1n) is 9.19. The van der Waals surface area contributed by atoms with E-state index in [2.05, 4.69) is 4.90 Å². The van der Waals surface area contributed by atoms with E-state index in [4.69, 9.17) is 9.57 Å². The number of likely N-dealkylation sites (tertiary alicyclic amines) is 1. The molecule has 3 fully saturated rings. The van der Waals surface area contributed by atoms with Crippen LogP contribution in [0.3, 0.4) is 0 Å². The number of hydroxylamine groups is 2. The topological polar surface area (TPSA) is 42.0 Å². The lowest BCUT2D eigenvalue weighted by molar-refractivity contribution is -0.207. The van der Waals surface area contributed by atoms with Crippen LogP contribution in [0.5, 0.6) is 0 Å². The summed E-state index contributed by atoms with van der Waals surface area (Å²) in [6.07, 6.45) is 2.01. The molecule has 0 aromatic heterocycles. The van der Waals surface area contributed by atoms with Gasteiger partial charge in [0.1, 0.15) is 5.82 Å². The third-order valence-corrected chi connectivity index (χ3v) is 5.57. The molecule has 0 unspecified atom stereocenters. The van der Waals surface area contributed by atoms with E-state index in [1.165, 1.54) is 6.07 Å². The fourth-order valence-corrected chi connectivity index (χ4v) is 4.32. The van der Waals surface area contributed by atoms with Gasteiger partial charge in [0, 0.05) is 26.2 Å². The monoisotopic (exact) mass is 348 g/mol. The Hall–Kier alpha value is -1.50. The van der Waals surface area contributed by atoms with E-state index < -0.39 is 0 Å². The number of fused-ring (bicyclic) bond motifs is 1. The summed E-state index contributed by atoms with van der Waals surface area (Å²) in [4.78, 5) is 20.7. The molecule has 1 amide bonds. The highest BCUT2D eigenvalue weighted by Crippen LogP contribution is 2.36. The molecule has 0 spiro atoms. The Kier molecular flexibility index (Phi) is 5.01. The van der Waals surface area contributed by atoms with E-state index in [0.717, 1.165) is 31.5 Å². The van der Waals surface area contributed by atoms with Gasteiger partial charge in [-0.25, -0.2) is 9.45 Å². The smallest absolute Gasteiger partial charge is 0.251 e. The molecule has 3 aliphatic rings. The van der Waals surface area contributed by atoms with E-state index in [0.29, 0.717) is 44.7 Å². The van der Waals surface area contributed by atoms with Crippen molar-refractivity contribution in [1.82, 2.24) is 9.96 Å². The normalized spacial score (nSPS) is 30.3. The molecular weight excluding hydrogens is 323 g/mol. The number of rotatable bonds is 3. The highest BCUT2D eigenvalue weighted by atomic mass is 19.1. The standard InChI is InChI=1S/C19H25FN2O3/c20-16-5-3-4-14(8-16)9-21-10-15-12-24-13-18(17(15)11-21)19(23)22-6-1-2-7-25-22/h3-5,8,15,17-18H,1-2,6-7,9-13H2/t15-,17-,18+/m0/s1. The molecule has 25 heavy (non-hydrogen) atoms. The van der Waals surface area contributed by atoms with Crippen molar-refractivity contribution in [3.63, 3.8) is 0 Å². The van der Waals surface area contributed by atoms with Crippen LogP contribution in [0, 0.1) is 23.6 Å². The summed E-state index contributed by atoms with van der Waals surface area (Å²) in [6, 6.07) is 6.75. The molecule has 4 rings (SSSR count). The van der Waals surface area contributed by atoms with Crippen LogP contribution >= 0.6 is 0 Å². The Morgan fingerprint density at radius 3 is 2.96 bits per heavy atom. The van der Waals surface area contributed by atoms with Crippen molar-refractivity contribution < 1.29 is 18.8 Å². The summed E-state index contributed by atoms with van der Waals surface area (Å²) < 4.78 is 19.1. The van der Waals surface area contributed by atoms with E-state index in [1.54, 1.807) is 17.2 Å². The minimum atomic E-state index is -0.201. The Balaban J connectivity index is 1.42. The molecule has 1 aromatic rings. The molecule has 3 saturated heterocycles. The first-order chi connectivity index (χ1) is 12.2. The number of hydrogen-bond acceptors (Lipinski definition) is 4. The first kappa shape index (κ1) is 16.9. The molecule has 5 nitrogen and oxygen atoms in total. The number of nitrogens with zero attached hydrogens (tertiary/aromatic N) is 2. The van der Waals surface area contributed by atoms with Crippen LogP contribution in [0.4, 0.5) is 4.39 Å². The highest BCUT2D eigenvalue weighted by molar-refractivity contribution is 5.78. The van der Waals surface area contributed by atoms with Crippen LogP contribution < -0.4 is 0 Å². The molecule has 0 N–H and O–H groups in total. The van der Waals surface area contributed by atoms with Gasteiger partial charge in [0.25, 0.3) is 5.91 Å². The first-order valence-corrected chi connectivity index (χ1v) is 9.19. The number of halogens is 1. The Morgan fingerprint density at radius 1 is 1.24 bits per heavy atom. The van der Waals surface area contributed by atoms with Gasteiger partial charge in [0.15, 0.2) is 0 Å². The summed E-state index contributed by atoms with van der Waals surface area (Å²) in [5, 5.41) is 1.55. The number of benzene rings is 1. The van der Waals surface area contributed by atoms with Crippen LogP contribution in [0.25, 0.3) is 0 Å². The van der Waals surface area contributed by atoms with Crippen molar-refractivity contribution in [2.24, 2.45) is 17.8 Å². The van der Waals surface area contributed by atoms with Gasteiger partial charge in [-0.1, -0.05) is 12.1 Å². The maximum Gasteiger partial charge on any atom is 0.251 e. The summed E-state index contributed by atoms with van der Waals surface area (Å²) in [5.74, 6) is 0.394. The molecule has 136 valence electrons. The average molecular weight is 348 g/mol. The lowest BCUT2D eigenvalue weighted by Crippen LogP contribution is -2.47. The quantitative estimate of drug-likeness (QED) is 0.839. The maximum absolute atomic E-state index is 13.4. The fourth-order valence-electron chi connectivity index (χ4n) is 4.32. The average Bonchev–Trinajstić information content (AvgIpc) is 3.04. The second-order valence-electron chi connectivity index (χ2n) is 7.37. The molecule has 0 radical (unpaired) electrons. The Labute approximate surface area is 147 Å². The van der Waals surface area contributed by atoms with E-state index >= 15 is 0 Å². The Morgan fingerprint density at radius 2 is 2.16 bits per heavy atom. The number of carbonyl (C=O) groups is 1. The van der Waals surface area contributed by atoms with Crippen molar-refractivity contribution in [3.8, 4) is 0 Å². The predicted molar refractivity (Wildman–Crippen MR) is 89.9 cm³/mol. The van der Waals surface area contributed by atoms with Gasteiger partial charge in [0.05, 0.1) is 25.7 Å². The van der Waals surface area contributed by atoms with Crippen molar-refractivity contribution in [3.05, 3.63) is 35.6 Å². The van der Waals surface area contributed by atoms with Crippen LogP contribution in [-0.4, -0.2) is 55.3 Å². The molecule has 3 aliphatic heterocycles. The summed E-state index contributed by atoms with van der Waals surface area (Å²) >= 11 is 0. The zero-order valence-corrected chi connectivity index (χ0v) is 14.4.